The molecule has 0 aromatic heterocycles. The average molecular weight is 387 g/mol. The summed E-state index contributed by atoms with van der Waals surface area (Å²) < 4.78 is 0. The Morgan fingerprint density at radius 1 is 1.04 bits per heavy atom. The van der Waals surface area contributed by atoms with Crippen LogP contribution in [-0.4, -0.2) is 17.3 Å². The quantitative estimate of drug-likeness (QED) is 0.715. The highest BCUT2D eigenvalue weighted by Gasteiger charge is 2.42. The zero-order chi connectivity index (χ0) is 16.3. The van der Waals surface area contributed by atoms with Gasteiger partial charge < -0.3 is 10.4 Å². The van der Waals surface area contributed by atoms with Gasteiger partial charge in [0.2, 0.25) is 0 Å². The Labute approximate surface area is 159 Å². The molecule has 0 radical (unpaired) electrons. The van der Waals surface area contributed by atoms with E-state index >= 15 is 0 Å². The second kappa shape index (κ2) is 8.55. The van der Waals surface area contributed by atoms with Crippen LogP contribution in [0.1, 0.15) is 36.3 Å². The molecule has 5 heteroatoms. The third kappa shape index (κ3) is 4.44. The Bertz CT molecular complexity index is 659. The predicted octanol–water partition coefficient (Wildman–Crippen LogP) is 5.20. The van der Waals surface area contributed by atoms with Crippen LogP contribution in [0.25, 0.3) is 0 Å². The van der Waals surface area contributed by atoms with E-state index in [-0.39, 0.29) is 18.3 Å². The van der Waals surface area contributed by atoms with E-state index in [1.807, 2.05) is 36.4 Å². The van der Waals surface area contributed by atoms with E-state index in [1.54, 1.807) is 0 Å². The number of rotatable bonds is 6. The molecule has 1 unspecified atom stereocenters. The fourth-order valence-electron chi connectivity index (χ4n) is 3.19. The van der Waals surface area contributed by atoms with Crippen molar-refractivity contribution in [1.29, 1.82) is 0 Å². The minimum absolute atomic E-state index is 0. The lowest BCUT2D eigenvalue weighted by molar-refractivity contribution is -0.0569. The normalized spacial score (nSPS) is 16.8. The molecule has 1 aliphatic carbocycles. The molecule has 0 spiro atoms. The summed E-state index contributed by atoms with van der Waals surface area (Å²) in [7, 11) is 0. The molecule has 0 bridgehead atoms. The van der Waals surface area contributed by atoms with Gasteiger partial charge in [-0.15, -0.1) is 12.4 Å². The minimum atomic E-state index is -0.638. The molecule has 2 aromatic carbocycles. The zero-order valence-corrected chi connectivity index (χ0v) is 15.7. The third-order valence-corrected chi connectivity index (χ3v) is 5.47. The lowest BCUT2D eigenvalue weighted by Gasteiger charge is -2.44. The Kier molecular flexibility index (Phi) is 6.97. The van der Waals surface area contributed by atoms with Crippen molar-refractivity contribution in [3.05, 3.63) is 69.7 Å². The standard InChI is InChI=1S/C19H21Cl2NO.ClH/c20-17-8-7-15(11-18(17)21)16(19(23)9-4-10-19)13-22-12-14-5-2-1-3-6-14;/h1-3,5-8,11,16,22-23H,4,9-10,12-13H2;1H. The second-order valence-corrected chi connectivity index (χ2v) is 7.11. The van der Waals surface area contributed by atoms with Crippen LogP contribution >= 0.6 is 35.6 Å². The Hall–Kier alpha value is -0.770. The SMILES string of the molecule is Cl.OC1(C(CNCc2ccccc2)c2ccc(Cl)c(Cl)c2)CCC1. The summed E-state index contributed by atoms with van der Waals surface area (Å²) in [6.45, 7) is 1.50. The third-order valence-electron chi connectivity index (χ3n) is 4.73. The first-order chi connectivity index (χ1) is 11.1. The number of hydrogen-bond acceptors (Lipinski definition) is 2. The molecule has 130 valence electrons. The van der Waals surface area contributed by atoms with E-state index in [9.17, 15) is 5.11 Å². The number of nitrogens with one attached hydrogen (secondary N) is 1. The summed E-state index contributed by atoms with van der Waals surface area (Å²) in [5.74, 6) is 0.0229. The summed E-state index contributed by atoms with van der Waals surface area (Å²) in [6, 6.07) is 15.9. The van der Waals surface area contributed by atoms with Crippen LogP contribution in [0.15, 0.2) is 48.5 Å². The van der Waals surface area contributed by atoms with E-state index in [0.717, 1.165) is 31.4 Å². The van der Waals surface area contributed by atoms with E-state index in [4.69, 9.17) is 23.2 Å². The molecule has 1 aliphatic rings. The largest absolute Gasteiger partial charge is 0.389 e. The molecule has 0 aliphatic heterocycles. The van der Waals surface area contributed by atoms with Crippen LogP contribution < -0.4 is 5.32 Å². The van der Waals surface area contributed by atoms with Crippen molar-refractivity contribution in [2.24, 2.45) is 0 Å². The van der Waals surface area contributed by atoms with E-state index in [1.165, 1.54) is 5.56 Å². The molecule has 2 aromatic rings. The molecule has 1 atom stereocenters. The van der Waals surface area contributed by atoms with Gasteiger partial charge in [0.25, 0.3) is 0 Å². The van der Waals surface area contributed by atoms with Gasteiger partial charge in [0.05, 0.1) is 15.6 Å². The predicted molar refractivity (Wildman–Crippen MR) is 103 cm³/mol. The molecule has 2 N–H and O–H groups in total. The van der Waals surface area contributed by atoms with E-state index in [2.05, 4.69) is 17.4 Å². The van der Waals surface area contributed by atoms with Gasteiger partial charge in [0, 0.05) is 19.0 Å². The molecular formula is C19H22Cl3NO. The van der Waals surface area contributed by atoms with Crippen molar-refractivity contribution >= 4 is 35.6 Å². The Balaban J connectivity index is 0.00000208. The van der Waals surface area contributed by atoms with Crippen LogP contribution in [0, 0.1) is 0 Å². The van der Waals surface area contributed by atoms with Crippen molar-refractivity contribution in [2.45, 2.75) is 37.3 Å². The highest BCUT2D eigenvalue weighted by Crippen LogP contribution is 2.44. The first kappa shape index (κ1) is 19.6. The van der Waals surface area contributed by atoms with Crippen LogP contribution in [0.3, 0.4) is 0 Å². The van der Waals surface area contributed by atoms with Crippen LogP contribution in [0.5, 0.6) is 0 Å². The molecule has 0 amide bonds. The number of aliphatic hydroxyl groups is 1. The van der Waals surface area contributed by atoms with Gasteiger partial charge in [-0.3, -0.25) is 0 Å². The fourth-order valence-corrected chi connectivity index (χ4v) is 3.50. The summed E-state index contributed by atoms with van der Waals surface area (Å²) in [5, 5.41) is 15.4. The zero-order valence-electron chi connectivity index (χ0n) is 13.3. The molecule has 3 rings (SSSR count). The van der Waals surface area contributed by atoms with E-state index in [0.29, 0.717) is 16.6 Å². The molecule has 0 heterocycles. The second-order valence-electron chi connectivity index (χ2n) is 6.30. The minimum Gasteiger partial charge on any atom is -0.389 e. The monoisotopic (exact) mass is 385 g/mol. The Morgan fingerprint density at radius 2 is 1.75 bits per heavy atom. The van der Waals surface area contributed by atoms with Gasteiger partial charge in [0.1, 0.15) is 0 Å². The summed E-state index contributed by atoms with van der Waals surface area (Å²) >= 11 is 12.2. The van der Waals surface area contributed by atoms with Crippen LogP contribution in [-0.2, 0) is 6.54 Å². The highest BCUT2D eigenvalue weighted by molar-refractivity contribution is 6.42. The molecular weight excluding hydrogens is 365 g/mol. The lowest BCUT2D eigenvalue weighted by Crippen LogP contribution is -2.46. The lowest BCUT2D eigenvalue weighted by atomic mass is 9.68. The van der Waals surface area contributed by atoms with Crippen LogP contribution in [0.4, 0.5) is 0 Å². The van der Waals surface area contributed by atoms with Crippen molar-refractivity contribution in [3.8, 4) is 0 Å². The Morgan fingerprint density at radius 3 is 2.33 bits per heavy atom. The average Bonchev–Trinajstić information content (AvgIpc) is 2.53. The van der Waals surface area contributed by atoms with Crippen molar-refractivity contribution in [2.75, 3.05) is 6.54 Å². The maximum absolute atomic E-state index is 10.9. The van der Waals surface area contributed by atoms with Crippen molar-refractivity contribution < 1.29 is 5.11 Å². The highest BCUT2D eigenvalue weighted by atomic mass is 35.5. The van der Waals surface area contributed by atoms with Crippen molar-refractivity contribution in [3.63, 3.8) is 0 Å². The molecule has 0 saturated heterocycles. The van der Waals surface area contributed by atoms with Crippen molar-refractivity contribution in [1.82, 2.24) is 5.32 Å². The number of halogens is 3. The van der Waals surface area contributed by atoms with Gasteiger partial charge >= 0.3 is 0 Å². The van der Waals surface area contributed by atoms with Gasteiger partial charge in [-0.05, 0) is 42.5 Å². The summed E-state index contributed by atoms with van der Waals surface area (Å²) in [5.41, 5.74) is 1.64. The van der Waals surface area contributed by atoms with Gasteiger partial charge in [-0.2, -0.15) is 0 Å². The van der Waals surface area contributed by atoms with Gasteiger partial charge in [-0.25, -0.2) is 0 Å². The molecule has 24 heavy (non-hydrogen) atoms. The van der Waals surface area contributed by atoms with E-state index < -0.39 is 5.60 Å². The topological polar surface area (TPSA) is 32.3 Å². The first-order valence-electron chi connectivity index (χ1n) is 8.00. The smallest absolute Gasteiger partial charge is 0.0728 e. The van der Waals surface area contributed by atoms with Gasteiger partial charge in [-0.1, -0.05) is 59.6 Å². The number of benzene rings is 2. The maximum atomic E-state index is 10.9. The summed E-state index contributed by atoms with van der Waals surface area (Å²) in [6.07, 6.45) is 2.75. The molecule has 1 fully saturated rings. The maximum Gasteiger partial charge on any atom is 0.0728 e. The van der Waals surface area contributed by atoms with Gasteiger partial charge in [0.15, 0.2) is 0 Å². The molecule has 1 saturated carbocycles. The van der Waals surface area contributed by atoms with Crippen LogP contribution in [0.2, 0.25) is 10.0 Å². The fraction of sp³-hybridized carbons (Fsp3) is 0.368. The summed E-state index contributed by atoms with van der Waals surface area (Å²) in [4.78, 5) is 0. The molecule has 2 nitrogen and oxygen atoms in total. The number of hydrogen-bond donors (Lipinski definition) is 2. The first-order valence-corrected chi connectivity index (χ1v) is 8.76.